The van der Waals surface area contributed by atoms with Crippen LogP contribution >= 0.6 is 11.3 Å². The van der Waals surface area contributed by atoms with Crippen molar-refractivity contribution in [1.82, 2.24) is 15.1 Å². The molecule has 0 spiro atoms. The molecule has 1 aliphatic rings. The number of nitrogens with one attached hydrogen (secondary N) is 1. The fourth-order valence-corrected chi connectivity index (χ4v) is 4.00. The first kappa shape index (κ1) is 21.6. The van der Waals surface area contributed by atoms with Crippen molar-refractivity contribution in [1.29, 1.82) is 0 Å². The third-order valence-corrected chi connectivity index (χ3v) is 5.96. The van der Waals surface area contributed by atoms with Crippen molar-refractivity contribution in [2.24, 2.45) is 4.99 Å². The molecule has 2 aromatic rings. The first-order valence-corrected chi connectivity index (χ1v) is 11.1. The first-order chi connectivity index (χ1) is 14.3. The molecule has 3 rings (SSSR count). The maximum atomic E-state index is 6.09. The Labute approximate surface area is 178 Å². The zero-order valence-electron chi connectivity index (χ0n) is 17.5. The SMILES string of the molecule is CN=C(NCc1ccccc1OCCN1CCOCC1)N(C)CCc1cccs1. The van der Waals surface area contributed by atoms with Gasteiger partial charge in [-0.05, 0) is 23.9 Å². The van der Waals surface area contributed by atoms with E-state index in [4.69, 9.17) is 9.47 Å². The third-order valence-electron chi connectivity index (χ3n) is 5.03. The van der Waals surface area contributed by atoms with E-state index in [0.29, 0.717) is 13.2 Å². The topological polar surface area (TPSA) is 49.3 Å². The Kier molecular flexibility index (Phi) is 8.80. The summed E-state index contributed by atoms with van der Waals surface area (Å²) in [5.74, 6) is 1.83. The summed E-state index contributed by atoms with van der Waals surface area (Å²) in [6, 6.07) is 12.5. The Hall–Kier alpha value is -2.09. The molecule has 0 amide bonds. The number of guanidine groups is 1. The number of benzene rings is 1. The molecular weight excluding hydrogens is 384 g/mol. The number of hydrogen-bond acceptors (Lipinski definition) is 5. The van der Waals surface area contributed by atoms with E-state index in [1.54, 1.807) is 11.3 Å². The molecule has 1 aromatic heterocycles. The lowest BCUT2D eigenvalue weighted by Gasteiger charge is -2.26. The smallest absolute Gasteiger partial charge is 0.193 e. The van der Waals surface area contributed by atoms with Crippen molar-refractivity contribution < 1.29 is 9.47 Å². The predicted molar refractivity (Wildman–Crippen MR) is 120 cm³/mol. The third kappa shape index (κ3) is 7.03. The summed E-state index contributed by atoms with van der Waals surface area (Å²) in [4.78, 5) is 10.4. The summed E-state index contributed by atoms with van der Waals surface area (Å²) in [7, 11) is 3.91. The highest BCUT2D eigenvalue weighted by Crippen LogP contribution is 2.18. The Morgan fingerprint density at radius 2 is 2.07 bits per heavy atom. The molecular formula is C22H32N4O2S. The standard InChI is InChI=1S/C22H32N4O2S/c1-23-22(25(2)10-9-20-7-5-17-29-20)24-18-19-6-3-4-8-21(19)28-16-13-26-11-14-27-15-12-26/h3-8,17H,9-16,18H2,1-2H3,(H,23,24). The lowest BCUT2D eigenvalue weighted by atomic mass is 10.2. The van der Waals surface area contributed by atoms with Gasteiger partial charge in [-0.3, -0.25) is 9.89 Å². The molecule has 158 valence electrons. The summed E-state index contributed by atoms with van der Waals surface area (Å²) < 4.78 is 11.5. The van der Waals surface area contributed by atoms with Crippen molar-refractivity contribution in [3.05, 3.63) is 52.2 Å². The molecule has 1 N–H and O–H groups in total. The zero-order valence-corrected chi connectivity index (χ0v) is 18.3. The Morgan fingerprint density at radius 1 is 1.24 bits per heavy atom. The number of ether oxygens (including phenoxy) is 2. The van der Waals surface area contributed by atoms with Crippen LogP contribution < -0.4 is 10.1 Å². The predicted octanol–water partition coefficient (Wildman–Crippen LogP) is 2.71. The van der Waals surface area contributed by atoms with E-state index in [9.17, 15) is 0 Å². The van der Waals surface area contributed by atoms with Gasteiger partial charge in [-0.15, -0.1) is 11.3 Å². The van der Waals surface area contributed by atoms with Crippen molar-refractivity contribution >= 4 is 17.3 Å². The van der Waals surface area contributed by atoms with Crippen molar-refractivity contribution in [3.8, 4) is 5.75 Å². The highest BCUT2D eigenvalue weighted by molar-refractivity contribution is 7.09. The van der Waals surface area contributed by atoms with Gasteiger partial charge < -0.3 is 19.7 Å². The molecule has 0 aliphatic carbocycles. The highest BCUT2D eigenvalue weighted by atomic mass is 32.1. The molecule has 0 unspecified atom stereocenters. The summed E-state index contributed by atoms with van der Waals surface area (Å²) in [6.07, 6.45) is 1.02. The fourth-order valence-electron chi connectivity index (χ4n) is 3.30. The molecule has 6 nitrogen and oxygen atoms in total. The molecule has 1 aromatic carbocycles. The molecule has 1 aliphatic heterocycles. The van der Waals surface area contributed by atoms with Crippen LogP contribution in [-0.4, -0.2) is 75.9 Å². The average Bonchev–Trinajstić information content (AvgIpc) is 3.28. The van der Waals surface area contributed by atoms with E-state index in [1.807, 2.05) is 19.2 Å². The lowest BCUT2D eigenvalue weighted by Crippen LogP contribution is -2.39. The molecule has 29 heavy (non-hydrogen) atoms. The van der Waals surface area contributed by atoms with Crippen LogP contribution in [0.15, 0.2) is 46.8 Å². The monoisotopic (exact) mass is 416 g/mol. The van der Waals surface area contributed by atoms with E-state index in [-0.39, 0.29) is 0 Å². The average molecular weight is 417 g/mol. The van der Waals surface area contributed by atoms with Crippen LogP contribution in [0.25, 0.3) is 0 Å². The maximum absolute atomic E-state index is 6.09. The van der Waals surface area contributed by atoms with Gasteiger partial charge in [-0.1, -0.05) is 24.3 Å². The van der Waals surface area contributed by atoms with Crippen molar-refractivity contribution in [2.75, 3.05) is 60.1 Å². The number of hydrogen-bond donors (Lipinski definition) is 1. The number of nitrogens with zero attached hydrogens (tertiary/aromatic N) is 3. The van der Waals surface area contributed by atoms with Crippen LogP contribution in [0, 0.1) is 0 Å². The number of morpholine rings is 1. The van der Waals surface area contributed by atoms with Gasteiger partial charge in [0.25, 0.3) is 0 Å². The van der Waals surface area contributed by atoms with Gasteiger partial charge in [0.15, 0.2) is 5.96 Å². The second-order valence-electron chi connectivity index (χ2n) is 7.06. The van der Waals surface area contributed by atoms with Crippen LogP contribution in [0.1, 0.15) is 10.4 Å². The van der Waals surface area contributed by atoms with Gasteiger partial charge in [0, 0.05) is 57.3 Å². The van der Waals surface area contributed by atoms with Crippen molar-refractivity contribution in [3.63, 3.8) is 0 Å². The second kappa shape index (κ2) is 11.8. The summed E-state index contributed by atoms with van der Waals surface area (Å²) in [6.45, 7) is 6.84. The highest BCUT2D eigenvalue weighted by Gasteiger charge is 2.11. The van der Waals surface area contributed by atoms with E-state index in [1.165, 1.54) is 4.88 Å². The molecule has 0 radical (unpaired) electrons. The number of likely N-dealkylation sites (N-methyl/N-ethyl adjacent to an activating group) is 1. The zero-order chi connectivity index (χ0) is 20.3. The van der Waals surface area contributed by atoms with Crippen LogP contribution in [0.4, 0.5) is 0 Å². The van der Waals surface area contributed by atoms with Gasteiger partial charge in [-0.2, -0.15) is 0 Å². The van der Waals surface area contributed by atoms with Gasteiger partial charge in [-0.25, -0.2) is 0 Å². The summed E-state index contributed by atoms with van der Waals surface area (Å²) in [5.41, 5.74) is 1.14. The number of rotatable bonds is 9. The van der Waals surface area contributed by atoms with E-state index in [0.717, 1.165) is 63.1 Å². The van der Waals surface area contributed by atoms with Gasteiger partial charge in [0.1, 0.15) is 12.4 Å². The van der Waals surface area contributed by atoms with Gasteiger partial charge in [0.05, 0.1) is 13.2 Å². The Balaban J connectivity index is 1.47. The largest absolute Gasteiger partial charge is 0.492 e. The van der Waals surface area contributed by atoms with E-state index >= 15 is 0 Å². The number of para-hydroxylation sites is 1. The van der Waals surface area contributed by atoms with Gasteiger partial charge >= 0.3 is 0 Å². The first-order valence-electron chi connectivity index (χ1n) is 10.2. The van der Waals surface area contributed by atoms with Crippen LogP contribution in [0.3, 0.4) is 0 Å². The van der Waals surface area contributed by atoms with Crippen LogP contribution in [-0.2, 0) is 17.7 Å². The summed E-state index contributed by atoms with van der Waals surface area (Å²) >= 11 is 1.80. The van der Waals surface area contributed by atoms with Gasteiger partial charge in [0.2, 0.25) is 0 Å². The quantitative estimate of drug-likeness (QED) is 0.503. The molecule has 1 fully saturated rings. The molecule has 0 bridgehead atoms. The van der Waals surface area contributed by atoms with E-state index < -0.39 is 0 Å². The molecule has 0 atom stereocenters. The number of thiophene rings is 1. The van der Waals surface area contributed by atoms with Crippen LogP contribution in [0.2, 0.25) is 0 Å². The van der Waals surface area contributed by atoms with Crippen molar-refractivity contribution in [2.45, 2.75) is 13.0 Å². The Bertz CT molecular complexity index is 745. The molecule has 2 heterocycles. The number of aliphatic imine (C=N–C) groups is 1. The summed E-state index contributed by atoms with van der Waals surface area (Å²) in [5, 5.41) is 5.59. The lowest BCUT2D eigenvalue weighted by molar-refractivity contribution is 0.0322. The molecule has 0 saturated carbocycles. The second-order valence-corrected chi connectivity index (χ2v) is 8.09. The minimum Gasteiger partial charge on any atom is -0.492 e. The van der Waals surface area contributed by atoms with E-state index in [2.05, 4.69) is 56.8 Å². The normalized spacial score (nSPS) is 15.3. The minimum atomic E-state index is 0.684. The van der Waals surface area contributed by atoms with Crippen LogP contribution in [0.5, 0.6) is 5.75 Å². The molecule has 1 saturated heterocycles. The Morgan fingerprint density at radius 3 is 2.83 bits per heavy atom. The fraction of sp³-hybridized carbons (Fsp3) is 0.500. The maximum Gasteiger partial charge on any atom is 0.193 e. The minimum absolute atomic E-state index is 0.684. The molecule has 7 heteroatoms.